The molecule has 0 bridgehead atoms. The molecule has 5 rings (SSSR count). The third kappa shape index (κ3) is 5.05. The van der Waals surface area contributed by atoms with Crippen molar-refractivity contribution in [2.45, 2.75) is 44.0 Å². The Morgan fingerprint density at radius 3 is 2.42 bits per heavy atom. The first-order chi connectivity index (χ1) is 15.8. The van der Waals surface area contributed by atoms with Gasteiger partial charge in [-0.15, -0.1) is 13.2 Å². The molecule has 2 aromatic rings. The van der Waals surface area contributed by atoms with Gasteiger partial charge in [0.1, 0.15) is 17.3 Å². The van der Waals surface area contributed by atoms with Crippen molar-refractivity contribution in [2.24, 2.45) is 5.92 Å². The predicted octanol–water partition coefficient (Wildman–Crippen LogP) is 3.56. The van der Waals surface area contributed by atoms with Crippen LogP contribution in [0.15, 0.2) is 30.6 Å². The highest BCUT2D eigenvalue weighted by Gasteiger charge is 2.53. The Kier molecular flexibility index (Phi) is 5.64. The van der Waals surface area contributed by atoms with Crippen LogP contribution < -0.4 is 9.47 Å². The largest absolute Gasteiger partial charge is 0.573 e. The van der Waals surface area contributed by atoms with E-state index < -0.39 is 6.36 Å². The first-order valence-electron chi connectivity index (χ1n) is 11.0. The standard InChI is InChI=1S/C23H24F3N3O4/c24-23(25,26)33-19-8-16(7-18(9-19)32-12-15-1-2-15)3-4-20-27-10-17(11-28-20)21(30)29-6-5-22(29)13-31-14-22/h7-11,15H,1-6,12-14H2. The molecule has 7 nitrogen and oxygen atoms in total. The maximum absolute atomic E-state index is 12.7. The average molecular weight is 463 g/mol. The lowest BCUT2D eigenvalue weighted by Gasteiger charge is -2.57. The summed E-state index contributed by atoms with van der Waals surface area (Å²) >= 11 is 0. The molecular formula is C23H24F3N3O4. The number of hydrogen-bond donors (Lipinski definition) is 0. The number of likely N-dealkylation sites (tertiary alicyclic amines) is 1. The van der Waals surface area contributed by atoms with Gasteiger partial charge < -0.3 is 19.1 Å². The van der Waals surface area contributed by atoms with Crippen LogP contribution in [-0.2, 0) is 17.6 Å². The van der Waals surface area contributed by atoms with E-state index in [0.29, 0.717) is 67.8 Å². The summed E-state index contributed by atoms with van der Waals surface area (Å²) in [7, 11) is 0. The number of carbonyl (C=O) groups is 1. The molecule has 1 aromatic carbocycles. The topological polar surface area (TPSA) is 73.8 Å². The van der Waals surface area contributed by atoms with E-state index in [-0.39, 0.29) is 17.2 Å². The van der Waals surface area contributed by atoms with Crippen LogP contribution in [0.4, 0.5) is 13.2 Å². The lowest BCUT2D eigenvalue weighted by Crippen LogP contribution is -2.72. The fourth-order valence-electron chi connectivity index (χ4n) is 4.05. The van der Waals surface area contributed by atoms with Crippen LogP contribution in [0.2, 0.25) is 0 Å². The number of alkyl halides is 3. The minimum atomic E-state index is -4.78. The second-order valence-electron chi connectivity index (χ2n) is 8.93. The summed E-state index contributed by atoms with van der Waals surface area (Å²) in [5.41, 5.74) is 0.887. The summed E-state index contributed by atoms with van der Waals surface area (Å²) in [5, 5.41) is 0. The molecule has 0 unspecified atom stereocenters. The molecule has 3 fully saturated rings. The first kappa shape index (κ1) is 21.9. The third-order valence-corrected chi connectivity index (χ3v) is 6.31. The molecule has 1 saturated carbocycles. The molecule has 176 valence electrons. The van der Waals surface area contributed by atoms with Gasteiger partial charge in [-0.2, -0.15) is 0 Å². The summed E-state index contributed by atoms with van der Waals surface area (Å²) in [6, 6.07) is 4.32. The first-order valence-corrected chi connectivity index (χ1v) is 11.0. The van der Waals surface area contributed by atoms with Crippen molar-refractivity contribution in [1.29, 1.82) is 0 Å². The highest BCUT2D eigenvalue weighted by atomic mass is 19.4. The van der Waals surface area contributed by atoms with Gasteiger partial charge in [-0.25, -0.2) is 9.97 Å². The van der Waals surface area contributed by atoms with E-state index in [1.165, 1.54) is 24.5 Å². The summed E-state index contributed by atoms with van der Waals surface area (Å²) in [4.78, 5) is 23.1. The Hall–Kier alpha value is -2.88. The smallest absolute Gasteiger partial charge is 0.493 e. The van der Waals surface area contributed by atoms with Crippen LogP contribution in [0.1, 0.15) is 41.0 Å². The molecule has 2 saturated heterocycles. The molecule has 3 heterocycles. The molecule has 10 heteroatoms. The number of halogens is 3. The molecule has 1 aromatic heterocycles. The van der Waals surface area contributed by atoms with Crippen molar-refractivity contribution in [3.8, 4) is 11.5 Å². The van der Waals surface area contributed by atoms with Crippen LogP contribution in [0.25, 0.3) is 0 Å². The number of amides is 1. The molecule has 1 amide bonds. The number of nitrogens with zero attached hydrogens (tertiary/aromatic N) is 3. The van der Waals surface area contributed by atoms with Crippen molar-refractivity contribution in [2.75, 3.05) is 26.4 Å². The summed E-state index contributed by atoms with van der Waals surface area (Å²) in [5.74, 6) is 0.906. The molecule has 0 radical (unpaired) electrons. The van der Waals surface area contributed by atoms with Crippen LogP contribution >= 0.6 is 0 Å². The zero-order chi connectivity index (χ0) is 23.1. The van der Waals surface area contributed by atoms with E-state index in [4.69, 9.17) is 9.47 Å². The van der Waals surface area contributed by atoms with Crippen molar-refractivity contribution >= 4 is 5.91 Å². The Morgan fingerprint density at radius 1 is 1.12 bits per heavy atom. The SMILES string of the molecule is O=C(c1cnc(CCc2cc(OCC3CC3)cc(OC(F)(F)F)c2)nc1)N1CCC12COC2. The van der Waals surface area contributed by atoms with E-state index in [1.54, 1.807) is 6.07 Å². The molecule has 1 aliphatic carbocycles. The Balaban J connectivity index is 1.22. The molecule has 1 spiro atoms. The maximum Gasteiger partial charge on any atom is 0.573 e. The van der Waals surface area contributed by atoms with Crippen LogP contribution in [0.3, 0.4) is 0 Å². The fourth-order valence-corrected chi connectivity index (χ4v) is 4.05. The number of carbonyl (C=O) groups excluding carboxylic acids is 1. The molecule has 3 aliphatic rings. The Morgan fingerprint density at radius 2 is 1.85 bits per heavy atom. The number of aromatic nitrogens is 2. The third-order valence-electron chi connectivity index (χ3n) is 6.31. The molecule has 0 atom stereocenters. The lowest BCUT2D eigenvalue weighted by atomic mass is 9.82. The average Bonchev–Trinajstić information content (AvgIpc) is 3.52. The van der Waals surface area contributed by atoms with Crippen molar-refractivity contribution < 1.29 is 32.2 Å². The van der Waals surface area contributed by atoms with Crippen LogP contribution in [0, 0.1) is 5.92 Å². The highest BCUT2D eigenvalue weighted by Crippen LogP contribution is 2.38. The van der Waals surface area contributed by atoms with Gasteiger partial charge in [0.2, 0.25) is 0 Å². The Labute approximate surface area is 188 Å². The Bertz CT molecular complexity index is 1020. The number of aryl methyl sites for hydroxylation is 2. The molecule has 2 aliphatic heterocycles. The van der Waals surface area contributed by atoms with Gasteiger partial charge >= 0.3 is 6.36 Å². The normalized spacial score (nSPS) is 19.1. The minimum Gasteiger partial charge on any atom is -0.493 e. The molecule has 33 heavy (non-hydrogen) atoms. The summed E-state index contributed by atoms with van der Waals surface area (Å²) in [6.07, 6.45) is 2.12. The van der Waals surface area contributed by atoms with E-state index in [1.807, 2.05) is 4.90 Å². The van der Waals surface area contributed by atoms with E-state index in [2.05, 4.69) is 14.7 Å². The number of hydrogen-bond acceptors (Lipinski definition) is 6. The van der Waals surface area contributed by atoms with Gasteiger partial charge in [0.15, 0.2) is 0 Å². The van der Waals surface area contributed by atoms with Gasteiger partial charge in [0, 0.05) is 31.4 Å². The van der Waals surface area contributed by atoms with Gasteiger partial charge in [-0.3, -0.25) is 4.79 Å². The van der Waals surface area contributed by atoms with Crippen LogP contribution in [0.5, 0.6) is 11.5 Å². The van der Waals surface area contributed by atoms with Crippen molar-refractivity contribution in [3.63, 3.8) is 0 Å². The van der Waals surface area contributed by atoms with Gasteiger partial charge in [-0.1, -0.05) is 0 Å². The van der Waals surface area contributed by atoms with Gasteiger partial charge in [-0.05, 0) is 49.3 Å². The van der Waals surface area contributed by atoms with Gasteiger partial charge in [0.05, 0.1) is 30.9 Å². The fraction of sp³-hybridized carbons (Fsp3) is 0.522. The quantitative estimate of drug-likeness (QED) is 0.596. The summed E-state index contributed by atoms with van der Waals surface area (Å²) < 4.78 is 53.2. The van der Waals surface area contributed by atoms with E-state index in [9.17, 15) is 18.0 Å². The van der Waals surface area contributed by atoms with Crippen molar-refractivity contribution in [3.05, 3.63) is 47.5 Å². The number of rotatable bonds is 8. The zero-order valence-corrected chi connectivity index (χ0v) is 17.9. The minimum absolute atomic E-state index is 0.106. The second kappa shape index (κ2) is 8.48. The van der Waals surface area contributed by atoms with E-state index in [0.717, 1.165) is 19.3 Å². The van der Waals surface area contributed by atoms with Gasteiger partial charge in [0.25, 0.3) is 5.91 Å². The monoisotopic (exact) mass is 463 g/mol. The maximum atomic E-state index is 12.7. The van der Waals surface area contributed by atoms with Crippen molar-refractivity contribution in [1.82, 2.24) is 14.9 Å². The molecule has 0 N–H and O–H groups in total. The summed E-state index contributed by atoms with van der Waals surface area (Å²) in [6.45, 7) is 2.33. The second-order valence-corrected chi connectivity index (χ2v) is 8.93. The number of ether oxygens (including phenoxy) is 3. The highest BCUT2D eigenvalue weighted by molar-refractivity contribution is 5.94. The predicted molar refractivity (Wildman–Crippen MR) is 110 cm³/mol. The van der Waals surface area contributed by atoms with Crippen LogP contribution in [-0.4, -0.2) is 59.0 Å². The zero-order valence-electron chi connectivity index (χ0n) is 17.9. The van der Waals surface area contributed by atoms with E-state index >= 15 is 0 Å². The molecular weight excluding hydrogens is 439 g/mol. The number of benzene rings is 1. The lowest BCUT2D eigenvalue weighted by molar-refractivity contribution is -0.274.